The Balaban J connectivity index is 1.95. The van der Waals surface area contributed by atoms with Crippen molar-refractivity contribution in [3.63, 3.8) is 0 Å². The maximum Gasteiger partial charge on any atom is 0.303 e. The van der Waals surface area contributed by atoms with Crippen LogP contribution in [0.1, 0.15) is 30.3 Å². The molecule has 0 bridgehead atoms. The molecular weight excluding hydrogens is 268 g/mol. The van der Waals surface area contributed by atoms with Gasteiger partial charge in [0.2, 0.25) is 0 Å². The van der Waals surface area contributed by atoms with Gasteiger partial charge in [-0.2, -0.15) is 0 Å². The van der Waals surface area contributed by atoms with E-state index in [1.807, 2.05) is 13.0 Å². The first kappa shape index (κ1) is 15.2. The smallest absolute Gasteiger partial charge is 0.303 e. The summed E-state index contributed by atoms with van der Waals surface area (Å²) in [6.07, 6.45) is 1.74. The number of hydrogen-bond donors (Lipinski definition) is 1. The van der Waals surface area contributed by atoms with Crippen LogP contribution in [0.2, 0.25) is 0 Å². The zero-order valence-electron chi connectivity index (χ0n) is 12.4. The largest absolute Gasteiger partial charge is 0.481 e. The summed E-state index contributed by atoms with van der Waals surface area (Å²) < 4.78 is 1.71. The quantitative estimate of drug-likeness (QED) is 0.841. The van der Waals surface area contributed by atoms with E-state index in [-0.39, 0.29) is 12.3 Å². The van der Waals surface area contributed by atoms with Crippen LogP contribution >= 0.6 is 0 Å². The number of aliphatic carboxylic acids is 1. The average molecular weight is 288 g/mol. The zero-order chi connectivity index (χ0) is 15.2. The third-order valence-electron chi connectivity index (χ3n) is 3.33. The van der Waals surface area contributed by atoms with Gasteiger partial charge >= 0.3 is 5.97 Å². The van der Waals surface area contributed by atoms with E-state index in [0.717, 1.165) is 18.7 Å². The molecule has 6 heteroatoms. The first-order valence-corrected chi connectivity index (χ1v) is 7.07. The summed E-state index contributed by atoms with van der Waals surface area (Å²) in [7, 11) is 0. The number of rotatable bonds is 7. The summed E-state index contributed by atoms with van der Waals surface area (Å²) in [5.41, 5.74) is 2.49. The lowest BCUT2D eigenvalue weighted by Gasteiger charge is -2.10. The van der Waals surface area contributed by atoms with Crippen LogP contribution < -0.4 is 0 Å². The lowest BCUT2D eigenvalue weighted by Crippen LogP contribution is -2.15. The van der Waals surface area contributed by atoms with E-state index in [4.69, 9.17) is 5.11 Å². The minimum absolute atomic E-state index is 0.00344. The second-order valence-electron chi connectivity index (χ2n) is 5.47. The molecule has 2 rings (SSSR count). The molecule has 1 atom stereocenters. The predicted molar refractivity (Wildman–Crippen MR) is 77.8 cm³/mol. The Kier molecular flexibility index (Phi) is 5.03. The Morgan fingerprint density at radius 2 is 2.19 bits per heavy atom. The number of carboxylic acids is 1. The highest BCUT2D eigenvalue weighted by atomic mass is 16.4. The van der Waals surface area contributed by atoms with Gasteiger partial charge in [0.1, 0.15) is 0 Å². The maximum atomic E-state index is 10.7. The molecule has 0 radical (unpaired) electrons. The predicted octanol–water partition coefficient (Wildman–Crippen LogP) is 1.88. The molecule has 0 spiro atoms. The topological polar surface area (TPSA) is 80.9 Å². The van der Waals surface area contributed by atoms with Crippen LogP contribution in [0.15, 0.2) is 24.3 Å². The molecule has 0 amide bonds. The number of nitrogens with zero attached hydrogens (tertiary/aromatic N) is 4. The second-order valence-corrected chi connectivity index (χ2v) is 5.47. The number of carboxylic acid groups (broad SMARTS) is 1. The Hall–Kier alpha value is -2.24. The second kappa shape index (κ2) is 6.97. The van der Waals surface area contributed by atoms with Gasteiger partial charge in [-0.3, -0.25) is 4.79 Å². The first-order valence-electron chi connectivity index (χ1n) is 7.07. The molecule has 112 valence electrons. The monoisotopic (exact) mass is 288 g/mol. The molecular formula is C15H20N4O2. The van der Waals surface area contributed by atoms with Crippen molar-refractivity contribution in [1.82, 2.24) is 20.2 Å². The number of carbonyl (C=O) groups is 1. The normalized spacial score (nSPS) is 12.3. The third kappa shape index (κ3) is 4.66. The van der Waals surface area contributed by atoms with E-state index < -0.39 is 5.97 Å². The van der Waals surface area contributed by atoms with Crippen molar-refractivity contribution in [3.8, 4) is 0 Å². The van der Waals surface area contributed by atoms with E-state index in [1.165, 1.54) is 11.1 Å². The van der Waals surface area contributed by atoms with Crippen LogP contribution in [-0.4, -0.2) is 31.3 Å². The molecule has 0 aliphatic carbocycles. The van der Waals surface area contributed by atoms with Gasteiger partial charge in [0.05, 0.1) is 0 Å². The fraction of sp³-hybridized carbons (Fsp3) is 0.467. The van der Waals surface area contributed by atoms with Gasteiger partial charge in [-0.25, -0.2) is 4.68 Å². The molecule has 2 aromatic rings. The Labute approximate surface area is 123 Å². The molecule has 0 fully saturated rings. The number of tetrazole rings is 1. The molecule has 1 aromatic carbocycles. The number of aromatic nitrogens is 4. The van der Waals surface area contributed by atoms with Crippen LogP contribution in [0, 0.1) is 12.8 Å². The Bertz CT molecular complexity index is 609. The number of hydrogen-bond acceptors (Lipinski definition) is 4. The standard InChI is InChI=1S/C15H20N4O2/c1-11-4-3-5-13(8-11)6-7-14-16-17-18-19(14)10-12(2)9-15(20)21/h3-5,8,12H,6-7,9-10H2,1-2H3,(H,20,21). The highest BCUT2D eigenvalue weighted by molar-refractivity contribution is 5.66. The molecule has 21 heavy (non-hydrogen) atoms. The lowest BCUT2D eigenvalue weighted by molar-refractivity contribution is -0.138. The van der Waals surface area contributed by atoms with Crippen LogP contribution in [0.5, 0.6) is 0 Å². The van der Waals surface area contributed by atoms with Crippen molar-refractivity contribution in [2.45, 2.75) is 39.7 Å². The Morgan fingerprint density at radius 1 is 1.38 bits per heavy atom. The lowest BCUT2D eigenvalue weighted by atomic mass is 10.1. The summed E-state index contributed by atoms with van der Waals surface area (Å²) in [6, 6.07) is 8.36. The SMILES string of the molecule is Cc1cccc(CCc2nnnn2CC(C)CC(=O)O)c1. The number of aryl methyl sites for hydroxylation is 3. The molecule has 6 nitrogen and oxygen atoms in total. The molecule has 0 aliphatic rings. The first-order chi connectivity index (χ1) is 10.0. The molecule has 1 N–H and O–H groups in total. The van der Waals surface area contributed by atoms with Crippen molar-refractivity contribution in [1.29, 1.82) is 0 Å². The summed E-state index contributed by atoms with van der Waals surface area (Å²) in [6.45, 7) is 4.49. The number of benzene rings is 1. The van der Waals surface area contributed by atoms with Crippen molar-refractivity contribution < 1.29 is 9.90 Å². The summed E-state index contributed by atoms with van der Waals surface area (Å²) >= 11 is 0. The van der Waals surface area contributed by atoms with E-state index in [2.05, 4.69) is 40.6 Å². The minimum atomic E-state index is -0.795. The fourth-order valence-corrected chi connectivity index (χ4v) is 2.33. The molecule has 0 saturated heterocycles. The third-order valence-corrected chi connectivity index (χ3v) is 3.33. The van der Waals surface area contributed by atoms with Crippen molar-refractivity contribution in [2.24, 2.45) is 5.92 Å². The van der Waals surface area contributed by atoms with Gasteiger partial charge in [0, 0.05) is 19.4 Å². The highest BCUT2D eigenvalue weighted by Gasteiger charge is 2.13. The molecule has 1 heterocycles. The summed E-state index contributed by atoms with van der Waals surface area (Å²) in [5.74, 6) is 0.00866. The van der Waals surface area contributed by atoms with E-state index in [1.54, 1.807) is 4.68 Å². The van der Waals surface area contributed by atoms with Gasteiger partial charge in [-0.15, -0.1) is 5.10 Å². The van der Waals surface area contributed by atoms with E-state index in [9.17, 15) is 4.79 Å². The molecule has 0 aliphatic heterocycles. The van der Waals surface area contributed by atoms with Gasteiger partial charge in [-0.1, -0.05) is 36.8 Å². The van der Waals surface area contributed by atoms with E-state index >= 15 is 0 Å². The zero-order valence-corrected chi connectivity index (χ0v) is 12.4. The fourth-order valence-electron chi connectivity index (χ4n) is 2.33. The van der Waals surface area contributed by atoms with Crippen molar-refractivity contribution in [3.05, 3.63) is 41.2 Å². The molecule has 1 aromatic heterocycles. The highest BCUT2D eigenvalue weighted by Crippen LogP contribution is 2.10. The van der Waals surface area contributed by atoms with Crippen LogP contribution in [0.4, 0.5) is 0 Å². The van der Waals surface area contributed by atoms with Crippen molar-refractivity contribution in [2.75, 3.05) is 0 Å². The van der Waals surface area contributed by atoms with Gasteiger partial charge in [-0.05, 0) is 35.3 Å². The Morgan fingerprint density at radius 3 is 2.90 bits per heavy atom. The summed E-state index contributed by atoms with van der Waals surface area (Å²) in [4.78, 5) is 10.7. The molecule has 1 unspecified atom stereocenters. The maximum absolute atomic E-state index is 10.7. The molecule has 0 saturated carbocycles. The van der Waals surface area contributed by atoms with Crippen molar-refractivity contribution >= 4 is 5.97 Å². The van der Waals surface area contributed by atoms with Gasteiger partial charge < -0.3 is 5.11 Å². The van der Waals surface area contributed by atoms with Crippen LogP contribution in [-0.2, 0) is 24.2 Å². The summed E-state index contributed by atoms with van der Waals surface area (Å²) in [5, 5.41) is 20.5. The average Bonchev–Trinajstić information content (AvgIpc) is 2.82. The minimum Gasteiger partial charge on any atom is -0.481 e. The van der Waals surface area contributed by atoms with E-state index in [0.29, 0.717) is 6.54 Å². The van der Waals surface area contributed by atoms with Crippen LogP contribution in [0.25, 0.3) is 0 Å². The van der Waals surface area contributed by atoms with Gasteiger partial charge in [0.25, 0.3) is 0 Å². The van der Waals surface area contributed by atoms with Gasteiger partial charge in [0.15, 0.2) is 5.82 Å². The van der Waals surface area contributed by atoms with Crippen LogP contribution in [0.3, 0.4) is 0 Å².